The van der Waals surface area contributed by atoms with Gasteiger partial charge in [0.15, 0.2) is 5.78 Å². The fourth-order valence-corrected chi connectivity index (χ4v) is 4.94. The van der Waals surface area contributed by atoms with E-state index >= 15 is 0 Å². The predicted octanol–water partition coefficient (Wildman–Crippen LogP) is 6.11. The van der Waals surface area contributed by atoms with E-state index in [1.807, 2.05) is 54.6 Å². The normalized spacial score (nSPS) is 14.0. The number of hydrogen-bond donors (Lipinski definition) is 0. The molecule has 0 aromatic heterocycles. The second-order valence-corrected chi connectivity index (χ2v) is 9.27. The number of carbonyl (C=O) groups is 1. The highest BCUT2D eigenvalue weighted by Gasteiger charge is 2.23. The molecule has 0 spiro atoms. The first-order valence-corrected chi connectivity index (χ1v) is 12.6. The Balaban J connectivity index is 1.44. The van der Waals surface area contributed by atoms with Crippen LogP contribution in [0.3, 0.4) is 0 Å². The third kappa shape index (κ3) is 5.50. The molecule has 182 valence electrons. The summed E-state index contributed by atoms with van der Waals surface area (Å²) in [5.41, 5.74) is 6.07. The molecule has 1 fully saturated rings. The van der Waals surface area contributed by atoms with Gasteiger partial charge in [-0.25, -0.2) is 0 Å². The highest BCUT2D eigenvalue weighted by atomic mass is 16.5. The van der Waals surface area contributed by atoms with Crippen LogP contribution in [0, 0.1) is 0 Å². The highest BCUT2D eigenvalue weighted by Crippen LogP contribution is 2.38. The van der Waals surface area contributed by atoms with Crippen LogP contribution < -0.4 is 9.64 Å². The monoisotopic (exact) mass is 476 g/mol. The fourth-order valence-electron chi connectivity index (χ4n) is 4.94. The molecule has 1 aliphatic heterocycles. The summed E-state index contributed by atoms with van der Waals surface area (Å²) in [6.45, 7) is 4.76. The number of Topliss-reactive ketones (excluding diaryl/α,β-unsaturated/α-hetero) is 1. The topological polar surface area (TPSA) is 32.8 Å². The quantitative estimate of drug-likeness (QED) is 0.287. The van der Waals surface area contributed by atoms with E-state index in [-0.39, 0.29) is 5.78 Å². The zero-order valence-corrected chi connectivity index (χ0v) is 20.8. The van der Waals surface area contributed by atoms with Crippen molar-refractivity contribution in [3.8, 4) is 16.9 Å². The summed E-state index contributed by atoms with van der Waals surface area (Å²) in [5, 5.41) is 0. The van der Waals surface area contributed by atoms with Gasteiger partial charge in [0, 0.05) is 50.4 Å². The van der Waals surface area contributed by atoms with Crippen molar-refractivity contribution in [1.29, 1.82) is 0 Å². The summed E-state index contributed by atoms with van der Waals surface area (Å²) < 4.78 is 5.87. The van der Waals surface area contributed by atoms with E-state index in [4.69, 9.17) is 4.74 Å². The Labute approximate surface area is 213 Å². The van der Waals surface area contributed by atoms with Gasteiger partial charge < -0.3 is 9.64 Å². The van der Waals surface area contributed by atoms with Gasteiger partial charge in [0.2, 0.25) is 0 Å². The van der Waals surface area contributed by atoms with Gasteiger partial charge in [0.1, 0.15) is 5.75 Å². The van der Waals surface area contributed by atoms with E-state index in [0.29, 0.717) is 17.7 Å². The molecule has 4 heteroatoms. The summed E-state index contributed by atoms with van der Waals surface area (Å²) in [5.74, 6) is 0.716. The van der Waals surface area contributed by atoms with Crippen molar-refractivity contribution in [2.24, 2.45) is 0 Å². The number of ketones is 1. The van der Waals surface area contributed by atoms with E-state index in [1.165, 1.54) is 5.56 Å². The molecule has 36 heavy (non-hydrogen) atoms. The molecule has 0 saturated carbocycles. The third-order valence-electron chi connectivity index (χ3n) is 6.86. The molecule has 1 heterocycles. The highest BCUT2D eigenvalue weighted by molar-refractivity contribution is 6.03. The first kappa shape index (κ1) is 23.8. The number of piperazine rings is 1. The number of hydrogen-bond acceptors (Lipinski definition) is 4. The summed E-state index contributed by atoms with van der Waals surface area (Å²) >= 11 is 0. The first-order chi connectivity index (χ1) is 17.7. The zero-order chi connectivity index (χ0) is 24.7. The van der Waals surface area contributed by atoms with Crippen molar-refractivity contribution in [3.05, 3.63) is 120 Å². The Morgan fingerprint density at radius 1 is 0.750 bits per heavy atom. The first-order valence-electron chi connectivity index (χ1n) is 12.6. The third-order valence-corrected chi connectivity index (χ3v) is 6.86. The maximum absolute atomic E-state index is 13.6. The van der Waals surface area contributed by atoms with Crippen molar-refractivity contribution in [2.45, 2.75) is 13.0 Å². The summed E-state index contributed by atoms with van der Waals surface area (Å²) in [6.07, 6.45) is 0.347. The van der Waals surface area contributed by atoms with Crippen molar-refractivity contribution in [1.82, 2.24) is 4.90 Å². The lowest BCUT2D eigenvalue weighted by Crippen LogP contribution is -2.46. The van der Waals surface area contributed by atoms with Crippen LogP contribution in [0.2, 0.25) is 0 Å². The molecule has 5 rings (SSSR count). The van der Waals surface area contributed by atoms with Crippen molar-refractivity contribution < 1.29 is 9.53 Å². The van der Waals surface area contributed by atoms with Gasteiger partial charge in [0.05, 0.1) is 12.7 Å². The molecule has 0 N–H and O–H groups in total. The number of benzene rings is 4. The van der Waals surface area contributed by atoms with Gasteiger partial charge in [-0.05, 0) is 28.8 Å². The molecule has 0 aliphatic carbocycles. The van der Waals surface area contributed by atoms with Crippen LogP contribution in [0.4, 0.5) is 5.69 Å². The van der Waals surface area contributed by atoms with Crippen molar-refractivity contribution >= 4 is 11.5 Å². The Morgan fingerprint density at radius 2 is 1.33 bits per heavy atom. The second-order valence-electron chi connectivity index (χ2n) is 9.27. The molecule has 0 amide bonds. The molecule has 4 aromatic rings. The molecule has 4 nitrogen and oxygen atoms in total. The Kier molecular flexibility index (Phi) is 7.44. The van der Waals surface area contributed by atoms with Crippen LogP contribution in [-0.2, 0) is 13.0 Å². The summed E-state index contributed by atoms with van der Waals surface area (Å²) in [6, 6.07) is 35.0. The van der Waals surface area contributed by atoms with Crippen molar-refractivity contribution in [3.63, 3.8) is 0 Å². The molecule has 1 saturated heterocycles. The minimum Gasteiger partial charge on any atom is -0.495 e. The van der Waals surface area contributed by atoms with Crippen LogP contribution in [-0.4, -0.2) is 44.0 Å². The maximum atomic E-state index is 13.6. The van der Waals surface area contributed by atoms with E-state index in [1.54, 1.807) is 7.11 Å². The SMILES string of the molecule is COc1c(C(=O)Cc2ccccc2)cc(N2CCN(Cc3ccccc3)CC2)cc1-c1ccccc1. The number of anilines is 1. The van der Waals surface area contributed by atoms with Gasteiger partial charge in [-0.15, -0.1) is 0 Å². The lowest BCUT2D eigenvalue weighted by Gasteiger charge is -2.36. The lowest BCUT2D eigenvalue weighted by atomic mass is 9.95. The van der Waals surface area contributed by atoms with Crippen molar-refractivity contribution in [2.75, 3.05) is 38.2 Å². The largest absolute Gasteiger partial charge is 0.495 e. The molecule has 0 bridgehead atoms. The van der Waals surface area contributed by atoms with Gasteiger partial charge in [-0.2, -0.15) is 0 Å². The van der Waals surface area contributed by atoms with E-state index in [0.717, 1.165) is 55.1 Å². The predicted molar refractivity (Wildman–Crippen MR) is 147 cm³/mol. The minimum absolute atomic E-state index is 0.0693. The molecule has 4 aromatic carbocycles. The number of methoxy groups -OCH3 is 1. The molecule has 1 aliphatic rings. The van der Waals surface area contributed by atoms with Crippen LogP contribution >= 0.6 is 0 Å². The number of nitrogens with zero attached hydrogens (tertiary/aromatic N) is 2. The smallest absolute Gasteiger partial charge is 0.171 e. The summed E-state index contributed by atoms with van der Waals surface area (Å²) in [4.78, 5) is 18.5. The maximum Gasteiger partial charge on any atom is 0.171 e. The average molecular weight is 477 g/mol. The number of rotatable bonds is 8. The fraction of sp³-hybridized carbons (Fsp3) is 0.219. The Hall–Kier alpha value is -3.89. The van der Waals surface area contributed by atoms with Gasteiger partial charge in [-0.1, -0.05) is 91.0 Å². The van der Waals surface area contributed by atoms with Gasteiger partial charge >= 0.3 is 0 Å². The second kappa shape index (κ2) is 11.2. The van der Waals surface area contributed by atoms with E-state index in [9.17, 15) is 4.79 Å². The lowest BCUT2D eigenvalue weighted by molar-refractivity contribution is 0.0990. The Bertz CT molecular complexity index is 1280. The number of carbonyl (C=O) groups excluding carboxylic acids is 1. The molecular formula is C32H32N2O2. The van der Waals surface area contributed by atoms with Gasteiger partial charge in [-0.3, -0.25) is 9.69 Å². The summed E-state index contributed by atoms with van der Waals surface area (Å²) in [7, 11) is 1.66. The Morgan fingerprint density at radius 3 is 1.94 bits per heavy atom. The van der Waals surface area contributed by atoms with Crippen LogP contribution in [0.15, 0.2) is 103 Å². The van der Waals surface area contributed by atoms with Crippen LogP contribution in [0.25, 0.3) is 11.1 Å². The average Bonchev–Trinajstić information content (AvgIpc) is 2.94. The zero-order valence-electron chi connectivity index (χ0n) is 20.8. The van der Waals surface area contributed by atoms with Crippen LogP contribution in [0.1, 0.15) is 21.5 Å². The van der Waals surface area contributed by atoms with E-state index < -0.39 is 0 Å². The standard InChI is InChI=1S/C32H32N2O2/c1-36-32-29(27-15-9-4-10-16-27)22-28(23-30(32)31(35)21-25-11-5-2-6-12-25)34-19-17-33(18-20-34)24-26-13-7-3-8-14-26/h2-16,22-23H,17-21,24H2,1H3. The minimum atomic E-state index is 0.0693. The molecule has 0 unspecified atom stereocenters. The molecule has 0 radical (unpaired) electrons. The number of ether oxygens (including phenoxy) is 1. The van der Waals surface area contributed by atoms with E-state index in [2.05, 4.69) is 58.3 Å². The molecule has 0 atom stereocenters. The van der Waals surface area contributed by atoms with Crippen LogP contribution in [0.5, 0.6) is 5.75 Å². The molecular weight excluding hydrogens is 444 g/mol. The van der Waals surface area contributed by atoms with Gasteiger partial charge in [0.25, 0.3) is 0 Å².